The number of nitrogens with zero attached hydrogens (tertiary/aromatic N) is 3. The van der Waals surface area contributed by atoms with Gasteiger partial charge in [0.05, 0.1) is 38.3 Å². The quantitative estimate of drug-likeness (QED) is 0.0686. The van der Waals surface area contributed by atoms with Gasteiger partial charge in [0.25, 0.3) is 0 Å². The summed E-state index contributed by atoms with van der Waals surface area (Å²) >= 11 is 2.03. The summed E-state index contributed by atoms with van der Waals surface area (Å²) in [6, 6.07) is 0.777. The van der Waals surface area contributed by atoms with Gasteiger partial charge in [0.2, 0.25) is 17.7 Å². The highest BCUT2D eigenvalue weighted by atomic mass is 32.2. The molecule has 7 aliphatic rings. The molecule has 66 heavy (non-hydrogen) atoms. The second kappa shape index (κ2) is 24.9. The Kier molecular flexibility index (Phi) is 19.7. The number of thioether (sulfide) groups is 1. The molecule has 10 N–H and O–H groups in total. The molecule has 11 atom stereocenters. The van der Waals surface area contributed by atoms with Crippen molar-refractivity contribution < 1.29 is 29.0 Å². The van der Waals surface area contributed by atoms with Gasteiger partial charge in [-0.1, -0.05) is 47.5 Å². The van der Waals surface area contributed by atoms with Crippen molar-refractivity contribution in [1.82, 2.24) is 63.2 Å². The summed E-state index contributed by atoms with van der Waals surface area (Å²) in [7, 11) is 0. The van der Waals surface area contributed by atoms with Crippen LogP contribution in [0.25, 0.3) is 0 Å². The zero-order valence-corrected chi connectivity index (χ0v) is 41.9. The van der Waals surface area contributed by atoms with Crippen molar-refractivity contribution >= 4 is 29.5 Å². The third-order valence-corrected chi connectivity index (χ3v) is 17.3. The first kappa shape index (κ1) is 52.1. The fourth-order valence-corrected chi connectivity index (χ4v) is 13.3. The molecule has 0 aromatic rings. The molecule has 7 fully saturated rings. The largest absolute Gasteiger partial charge is 0.391 e. The molecule has 5 saturated heterocycles. The van der Waals surface area contributed by atoms with Crippen LogP contribution in [0.5, 0.6) is 0 Å². The van der Waals surface area contributed by atoms with E-state index in [1.54, 1.807) is 0 Å². The predicted molar refractivity (Wildman–Crippen MR) is 258 cm³/mol. The molecule has 3 amide bonds. The number of amides is 3. The molecule has 2 saturated carbocycles. The van der Waals surface area contributed by atoms with Crippen LogP contribution in [0.4, 0.5) is 0 Å². The van der Waals surface area contributed by atoms with Gasteiger partial charge in [0, 0.05) is 87.0 Å². The normalized spacial score (nSPS) is 34.9. The first-order valence-corrected chi connectivity index (χ1v) is 26.9. The Morgan fingerprint density at radius 1 is 0.909 bits per heavy atom. The minimum absolute atomic E-state index is 0.0543. The van der Waals surface area contributed by atoms with Crippen molar-refractivity contribution in [3.63, 3.8) is 0 Å². The van der Waals surface area contributed by atoms with Crippen molar-refractivity contribution in [2.75, 3.05) is 71.6 Å². The van der Waals surface area contributed by atoms with Crippen molar-refractivity contribution in [3.05, 3.63) is 0 Å². The number of hydrogen-bond donors (Lipinski definition) is 10. The van der Waals surface area contributed by atoms with E-state index in [1.165, 1.54) is 43.4 Å². The zero-order valence-electron chi connectivity index (χ0n) is 41.1. The summed E-state index contributed by atoms with van der Waals surface area (Å²) in [4.78, 5) is 42.1. The molecule has 5 heterocycles. The van der Waals surface area contributed by atoms with Crippen LogP contribution >= 0.6 is 11.8 Å². The molecule has 0 spiro atoms. The van der Waals surface area contributed by atoms with Crippen molar-refractivity contribution in [3.8, 4) is 0 Å². The lowest BCUT2D eigenvalue weighted by Gasteiger charge is -2.45. The molecule has 378 valence electrons. The molecule has 5 aliphatic heterocycles. The van der Waals surface area contributed by atoms with E-state index in [0.29, 0.717) is 85.9 Å². The lowest BCUT2D eigenvalue weighted by atomic mass is 9.79. The van der Waals surface area contributed by atoms with E-state index < -0.39 is 29.5 Å². The lowest BCUT2D eigenvalue weighted by Crippen LogP contribution is -2.66. The highest BCUT2D eigenvalue weighted by Gasteiger charge is 2.45. The number of ether oxygens (including phenoxy) is 2. The van der Waals surface area contributed by atoms with E-state index in [0.717, 1.165) is 63.5 Å². The Bertz CT molecular complexity index is 1540. The summed E-state index contributed by atoms with van der Waals surface area (Å²) in [6.07, 6.45) is 13.0. The van der Waals surface area contributed by atoms with Gasteiger partial charge in [-0.15, -0.1) is 11.8 Å². The first-order valence-electron chi connectivity index (χ1n) is 25.9. The van der Waals surface area contributed by atoms with Crippen LogP contribution < -0.4 is 48.3 Å². The van der Waals surface area contributed by atoms with Crippen LogP contribution in [-0.4, -0.2) is 175 Å². The van der Waals surface area contributed by atoms with Crippen LogP contribution in [0.2, 0.25) is 0 Å². The molecule has 0 aromatic carbocycles. The van der Waals surface area contributed by atoms with Crippen molar-refractivity contribution in [2.24, 2.45) is 23.2 Å². The molecular formula is C47H88N12O6S. The summed E-state index contributed by atoms with van der Waals surface area (Å²) in [6.45, 7) is 17.6. The monoisotopic (exact) mass is 949 g/mol. The average Bonchev–Trinajstić information content (AvgIpc) is 4.16. The second-order valence-corrected chi connectivity index (χ2v) is 22.8. The number of fused-ring (bicyclic) bond motifs is 1. The van der Waals surface area contributed by atoms with Gasteiger partial charge < -0.3 is 40.7 Å². The molecule has 0 radical (unpaired) electrons. The molecule has 0 bridgehead atoms. The number of rotatable bonds is 22. The number of nitrogens with one attached hydrogen (secondary N) is 9. The number of aliphatic hydroxyl groups is 1. The highest BCUT2D eigenvalue weighted by molar-refractivity contribution is 8.00. The topological polar surface area (TPSA) is 208 Å². The SMILES string of the molecule is CCC(CC)C1CC(N[C@H]2CC[C@H](NCC3CN(CCOCCOCC(=O)N[C@H](C(=O)N4C[C@H](O)C[C@H]4C(=O)NCC4CCC(C5SCNC5C)CC4)C(C)(C)C)NN3)C2)N2NCCC2N1. The van der Waals surface area contributed by atoms with Crippen LogP contribution in [0.15, 0.2) is 0 Å². The van der Waals surface area contributed by atoms with Crippen LogP contribution in [-0.2, 0) is 23.9 Å². The number of hydrazine groups is 3. The number of likely N-dealkylation sites (tertiary alicyclic amines) is 1. The summed E-state index contributed by atoms with van der Waals surface area (Å²) in [5, 5.41) is 37.2. The highest BCUT2D eigenvalue weighted by Crippen LogP contribution is 2.39. The Labute approximate surface area is 399 Å². The van der Waals surface area contributed by atoms with E-state index in [-0.39, 0.29) is 38.0 Å². The lowest BCUT2D eigenvalue weighted by molar-refractivity contribution is -0.144. The van der Waals surface area contributed by atoms with E-state index >= 15 is 0 Å². The molecular weight excluding hydrogens is 861 g/mol. The van der Waals surface area contributed by atoms with Gasteiger partial charge >= 0.3 is 0 Å². The Morgan fingerprint density at radius 3 is 2.42 bits per heavy atom. The molecule has 0 aromatic heterocycles. The van der Waals surface area contributed by atoms with Gasteiger partial charge in [-0.3, -0.25) is 30.4 Å². The fraction of sp³-hybridized carbons (Fsp3) is 0.936. The van der Waals surface area contributed by atoms with Gasteiger partial charge in [0.15, 0.2) is 0 Å². The third-order valence-electron chi connectivity index (χ3n) is 15.8. The molecule has 18 nitrogen and oxygen atoms in total. The molecule has 19 heteroatoms. The van der Waals surface area contributed by atoms with Crippen LogP contribution in [0, 0.1) is 23.2 Å². The van der Waals surface area contributed by atoms with Crippen LogP contribution in [0.3, 0.4) is 0 Å². The van der Waals surface area contributed by atoms with Crippen molar-refractivity contribution in [2.45, 2.75) is 185 Å². The minimum atomic E-state index is -0.897. The minimum Gasteiger partial charge on any atom is -0.391 e. The van der Waals surface area contributed by atoms with Gasteiger partial charge in [0.1, 0.15) is 18.7 Å². The average molecular weight is 949 g/mol. The number of carbonyl (C=O) groups is 3. The maximum absolute atomic E-state index is 14.0. The number of hydrogen-bond acceptors (Lipinski definition) is 16. The smallest absolute Gasteiger partial charge is 0.246 e. The molecule has 7 rings (SSSR count). The predicted octanol–water partition coefficient (Wildman–Crippen LogP) is 0.940. The van der Waals surface area contributed by atoms with Crippen LogP contribution in [0.1, 0.15) is 119 Å². The van der Waals surface area contributed by atoms with E-state index in [1.807, 2.05) is 32.5 Å². The Hall–Kier alpha value is -1.72. The van der Waals surface area contributed by atoms with Gasteiger partial charge in [-0.25, -0.2) is 15.4 Å². The molecule has 6 unspecified atom stereocenters. The zero-order chi connectivity index (χ0) is 46.8. The summed E-state index contributed by atoms with van der Waals surface area (Å²) in [5.41, 5.74) is 9.70. The first-order chi connectivity index (χ1) is 31.8. The maximum atomic E-state index is 14.0. The molecule has 2 aliphatic carbocycles. The Morgan fingerprint density at radius 2 is 1.68 bits per heavy atom. The Balaban J connectivity index is 0.735. The summed E-state index contributed by atoms with van der Waals surface area (Å²) in [5.74, 6) is 1.86. The van der Waals surface area contributed by atoms with Gasteiger partial charge in [-0.2, -0.15) is 5.53 Å². The fourth-order valence-electron chi connectivity index (χ4n) is 11.8. The number of β-amino-alcohol motifs (C(OH)–C–C–N with tert-alkyl or cyclic N) is 1. The standard InChI is InChI=1S/C47H88N12O6S/c1-7-32(8-2)38-23-41(59-40(53-38)15-16-51-59)52-35-14-13-34(21-35)48-25-36-26-57(56-55-36)17-18-64-19-20-65-28-42(61)54-44(47(4,5)6)46(63)58-27-37(60)22-39(58)45(62)49-24-31-9-11-33(12-10-31)43-30(3)50-29-66-43/h30-41,43-44,48,50-53,55-56,60H,7-29H2,1-6H3,(H,49,62)(H,54,61)/t30?,31?,33?,34-,35-,36?,37+,38?,39-,40?,41?,43?,44+/m0/s1. The number of aliphatic hydroxyl groups excluding tert-OH is 1. The number of carbonyl (C=O) groups excluding carboxylic acids is 3. The second-order valence-electron chi connectivity index (χ2n) is 21.6. The maximum Gasteiger partial charge on any atom is 0.246 e. The van der Waals surface area contributed by atoms with E-state index in [2.05, 4.69) is 79.1 Å². The van der Waals surface area contributed by atoms with Crippen molar-refractivity contribution in [1.29, 1.82) is 0 Å². The third kappa shape index (κ3) is 14.2. The summed E-state index contributed by atoms with van der Waals surface area (Å²) < 4.78 is 11.5. The van der Waals surface area contributed by atoms with Gasteiger partial charge in [-0.05, 0) is 87.9 Å². The van der Waals surface area contributed by atoms with E-state index in [4.69, 9.17) is 9.47 Å². The van der Waals surface area contributed by atoms with E-state index in [9.17, 15) is 19.5 Å².